The predicted octanol–water partition coefficient (Wildman–Crippen LogP) is 4.86. The van der Waals surface area contributed by atoms with Gasteiger partial charge in [0.15, 0.2) is 11.2 Å². The molecule has 0 aliphatic carbocycles. The summed E-state index contributed by atoms with van der Waals surface area (Å²) in [6.07, 6.45) is 1.48. The molecule has 0 saturated heterocycles. The lowest BCUT2D eigenvalue weighted by molar-refractivity contribution is -0.132. The highest BCUT2D eigenvalue weighted by Gasteiger charge is 2.54. The third kappa shape index (κ3) is 5.99. The van der Waals surface area contributed by atoms with Crippen LogP contribution in [-0.4, -0.2) is 43.8 Å². The molecule has 0 radical (unpaired) electrons. The van der Waals surface area contributed by atoms with Crippen molar-refractivity contribution in [3.05, 3.63) is 124 Å². The van der Waals surface area contributed by atoms with Crippen LogP contribution in [0.1, 0.15) is 62.4 Å². The molecular weight excluding hydrogens is 684 g/mol. The van der Waals surface area contributed by atoms with Crippen LogP contribution < -0.4 is 30.0 Å². The van der Waals surface area contributed by atoms with E-state index in [1.54, 1.807) is 36.4 Å². The molecule has 53 heavy (non-hydrogen) atoms. The van der Waals surface area contributed by atoms with Crippen molar-refractivity contribution >= 4 is 40.9 Å². The van der Waals surface area contributed by atoms with Gasteiger partial charge in [0, 0.05) is 54.8 Å². The Morgan fingerprint density at radius 1 is 0.830 bits per heavy atom. The minimum absolute atomic E-state index is 0.0527. The Bertz CT molecular complexity index is 2430. The van der Waals surface area contributed by atoms with Crippen molar-refractivity contribution < 1.29 is 42.9 Å². The number of hydrogen-bond acceptors (Lipinski definition) is 13. The van der Waals surface area contributed by atoms with Crippen molar-refractivity contribution in [1.29, 1.82) is 0 Å². The Labute approximate surface area is 300 Å². The second kappa shape index (κ2) is 12.8. The molecule has 2 aromatic heterocycles. The largest absolute Gasteiger partial charge is 0.471 e. The first-order valence-corrected chi connectivity index (χ1v) is 16.2. The minimum atomic E-state index is -1.48. The van der Waals surface area contributed by atoms with E-state index in [0.29, 0.717) is 27.9 Å². The van der Waals surface area contributed by atoms with E-state index in [9.17, 15) is 19.2 Å². The molecular formula is C38H28N6O9. The topological polar surface area (TPSA) is 207 Å². The molecule has 264 valence electrons. The van der Waals surface area contributed by atoms with Gasteiger partial charge in [-0.1, -0.05) is 30.3 Å². The first-order chi connectivity index (χ1) is 25.6. The molecule has 2 aliphatic rings. The van der Waals surface area contributed by atoms with Crippen LogP contribution in [0.2, 0.25) is 0 Å². The number of H-pyrrole nitrogens is 1. The van der Waals surface area contributed by atoms with Gasteiger partial charge in [0.25, 0.3) is 5.91 Å². The van der Waals surface area contributed by atoms with Crippen molar-refractivity contribution in [2.24, 2.45) is 0 Å². The van der Waals surface area contributed by atoms with Gasteiger partial charge in [-0.3, -0.25) is 14.4 Å². The van der Waals surface area contributed by atoms with Gasteiger partial charge in [-0.05, 0) is 47.5 Å². The molecule has 4 aromatic carbocycles. The Hall–Kier alpha value is -7.29. The van der Waals surface area contributed by atoms with Crippen LogP contribution in [-0.2, 0) is 33.1 Å². The number of aromatic nitrogens is 4. The van der Waals surface area contributed by atoms with Crippen molar-refractivity contribution in [1.82, 2.24) is 25.3 Å². The number of amides is 1. The standard InChI is InChI=1S/C38H28N6O9/c1-19(45)50-24-8-11-28-30(14-24)52-31-15-25(51-20(2)46)9-12-29(31)38(28)27-10-7-23(13-26(27)36(48)53-38)34(47)40-16-21-3-5-22(6-4-21)17-49-35-32-33(42-18-41-32)43-37(39)44-35/h3-15,18H,16-17H2,1-2H3,(H,40,47)(H3,39,41,42,43,44). The molecule has 6 aromatic rings. The number of ether oxygens (including phenoxy) is 5. The highest BCUT2D eigenvalue weighted by atomic mass is 16.6. The van der Waals surface area contributed by atoms with Gasteiger partial charge in [0.2, 0.25) is 11.8 Å². The molecule has 1 spiro atoms. The third-order valence-corrected chi connectivity index (χ3v) is 8.66. The van der Waals surface area contributed by atoms with E-state index < -0.39 is 29.4 Å². The number of nitrogens with two attached hydrogens (primary N) is 1. The van der Waals surface area contributed by atoms with Crippen LogP contribution >= 0.6 is 0 Å². The molecule has 1 amide bonds. The Kier molecular flexibility index (Phi) is 7.94. The van der Waals surface area contributed by atoms with E-state index in [1.807, 2.05) is 24.3 Å². The van der Waals surface area contributed by atoms with Crippen LogP contribution in [0.15, 0.2) is 85.2 Å². The van der Waals surface area contributed by atoms with E-state index in [4.69, 9.17) is 29.4 Å². The fraction of sp³-hybridized carbons (Fsp3) is 0.132. The summed E-state index contributed by atoms with van der Waals surface area (Å²) >= 11 is 0. The summed E-state index contributed by atoms with van der Waals surface area (Å²) in [5, 5.41) is 2.90. The molecule has 8 rings (SSSR count). The molecule has 0 atom stereocenters. The number of aromatic amines is 1. The van der Waals surface area contributed by atoms with Gasteiger partial charge in [0.1, 0.15) is 35.1 Å². The number of benzene rings is 4. The summed E-state index contributed by atoms with van der Waals surface area (Å²) in [4.78, 5) is 65.6. The number of anilines is 1. The van der Waals surface area contributed by atoms with Crippen LogP contribution in [0.25, 0.3) is 11.2 Å². The molecule has 4 heterocycles. The fourth-order valence-corrected chi connectivity index (χ4v) is 6.41. The zero-order valence-corrected chi connectivity index (χ0v) is 28.1. The Morgan fingerprint density at radius 2 is 1.47 bits per heavy atom. The van der Waals surface area contributed by atoms with E-state index in [1.165, 1.54) is 38.4 Å². The van der Waals surface area contributed by atoms with E-state index in [0.717, 1.165) is 11.1 Å². The predicted molar refractivity (Wildman–Crippen MR) is 185 cm³/mol. The van der Waals surface area contributed by atoms with Crippen LogP contribution in [0, 0.1) is 0 Å². The van der Waals surface area contributed by atoms with Gasteiger partial charge in [-0.25, -0.2) is 9.78 Å². The number of nitrogens with zero attached hydrogens (tertiary/aromatic N) is 3. The zero-order chi connectivity index (χ0) is 36.9. The highest BCUT2D eigenvalue weighted by molar-refractivity contribution is 6.01. The number of carbonyl (C=O) groups is 4. The van der Waals surface area contributed by atoms with Crippen molar-refractivity contribution in [2.45, 2.75) is 32.6 Å². The number of nitrogen functional groups attached to an aromatic ring is 1. The van der Waals surface area contributed by atoms with Gasteiger partial charge in [0.05, 0.1) is 11.9 Å². The maximum absolute atomic E-state index is 13.6. The van der Waals surface area contributed by atoms with Crippen molar-refractivity contribution in [2.75, 3.05) is 5.73 Å². The maximum atomic E-state index is 13.6. The summed E-state index contributed by atoms with van der Waals surface area (Å²) in [5.41, 5.74) is 8.77. The van der Waals surface area contributed by atoms with E-state index in [-0.39, 0.29) is 59.1 Å². The number of carbonyl (C=O) groups excluding carboxylic acids is 4. The molecule has 15 heteroatoms. The first-order valence-electron chi connectivity index (χ1n) is 16.2. The molecule has 0 bridgehead atoms. The number of nitrogens with one attached hydrogen (secondary N) is 2. The van der Waals surface area contributed by atoms with E-state index >= 15 is 0 Å². The summed E-state index contributed by atoms with van der Waals surface area (Å²) in [7, 11) is 0. The Morgan fingerprint density at radius 3 is 2.13 bits per heavy atom. The van der Waals surface area contributed by atoms with Crippen molar-refractivity contribution in [3.63, 3.8) is 0 Å². The summed E-state index contributed by atoms with van der Waals surface area (Å²) < 4.78 is 28.8. The summed E-state index contributed by atoms with van der Waals surface area (Å²) in [5.74, 6) is -0.823. The lowest BCUT2D eigenvalue weighted by Gasteiger charge is -2.36. The lowest BCUT2D eigenvalue weighted by Crippen LogP contribution is -2.33. The van der Waals surface area contributed by atoms with E-state index in [2.05, 4.69) is 25.3 Å². The number of imidazole rings is 1. The van der Waals surface area contributed by atoms with Crippen molar-refractivity contribution in [3.8, 4) is 28.9 Å². The van der Waals surface area contributed by atoms with Crippen LogP contribution in [0.3, 0.4) is 0 Å². The summed E-state index contributed by atoms with van der Waals surface area (Å²) in [6.45, 7) is 2.98. The van der Waals surface area contributed by atoms with Gasteiger partial charge in [-0.15, -0.1) is 0 Å². The highest BCUT2D eigenvalue weighted by Crippen LogP contribution is 2.57. The van der Waals surface area contributed by atoms with Crippen LogP contribution in [0.4, 0.5) is 5.95 Å². The quantitative estimate of drug-likeness (QED) is 0.143. The average Bonchev–Trinajstić information content (AvgIpc) is 3.71. The molecule has 15 nitrogen and oxygen atoms in total. The summed E-state index contributed by atoms with van der Waals surface area (Å²) in [6, 6.07) is 21.7. The average molecular weight is 713 g/mol. The minimum Gasteiger partial charge on any atom is -0.471 e. The number of fused-ring (bicyclic) bond motifs is 7. The first kappa shape index (κ1) is 32.9. The molecule has 2 aliphatic heterocycles. The molecule has 0 saturated carbocycles. The number of rotatable bonds is 8. The molecule has 0 unspecified atom stereocenters. The third-order valence-electron chi connectivity index (χ3n) is 8.66. The number of esters is 3. The Balaban J connectivity index is 1.02. The monoisotopic (exact) mass is 712 g/mol. The van der Waals surface area contributed by atoms with Gasteiger partial charge >= 0.3 is 17.9 Å². The smallest absolute Gasteiger partial charge is 0.340 e. The SMILES string of the molecule is CC(=O)Oc1ccc2c(c1)Oc1cc(OC(C)=O)ccc1C21OC(=O)c2cc(C(=O)NCc3ccc(COc4nc(N)nc5nc[nH]c45)cc3)ccc21. The molecule has 0 fully saturated rings. The van der Waals surface area contributed by atoms with Gasteiger partial charge in [-0.2, -0.15) is 9.97 Å². The lowest BCUT2D eigenvalue weighted by atomic mass is 9.77. The van der Waals surface area contributed by atoms with Crippen LogP contribution in [0.5, 0.6) is 28.9 Å². The fourth-order valence-electron chi connectivity index (χ4n) is 6.41. The molecule has 4 N–H and O–H groups in total. The second-order valence-corrected chi connectivity index (χ2v) is 12.2. The maximum Gasteiger partial charge on any atom is 0.340 e. The number of hydrogen-bond donors (Lipinski definition) is 3. The normalized spacial score (nSPS) is 13.3. The second-order valence-electron chi connectivity index (χ2n) is 12.2. The van der Waals surface area contributed by atoms with Gasteiger partial charge < -0.3 is 39.7 Å². The zero-order valence-electron chi connectivity index (χ0n) is 28.1.